The largest absolute Gasteiger partial charge is 0.508 e. The Balaban J connectivity index is 0.826. The molecule has 3 aromatic heterocycles. The molecule has 382 valence electrons. The molecule has 0 unspecified atom stereocenters. The highest BCUT2D eigenvalue weighted by Gasteiger charge is 2.33. The zero-order valence-corrected chi connectivity index (χ0v) is 44.1. The molecule has 9 rings (SSSR count). The predicted molar refractivity (Wildman–Crippen MR) is 285 cm³/mol. The number of aromatic hydroxyl groups is 1. The average Bonchev–Trinajstić information content (AvgIpc) is 3.83. The quantitative estimate of drug-likeness (QED) is 0.0933. The van der Waals surface area contributed by atoms with E-state index in [-0.39, 0.29) is 73.1 Å². The number of nitrogens with one attached hydrogen (secondary N) is 1. The van der Waals surface area contributed by atoms with Crippen molar-refractivity contribution in [3.8, 4) is 21.9 Å². The fraction of sp³-hybridized carbons (Fsp3) is 0.377. The molecule has 2 aliphatic rings. The number of rotatable bonds is 15. The van der Waals surface area contributed by atoms with Crippen LogP contribution >= 0.6 is 34.5 Å². The second-order valence-corrected chi connectivity index (χ2v) is 21.1. The standard InChI is InChI=1S/C53H57Cl2FN10O6S/c1-30-31(2)73-50-43(30)46(33-12-14-35(54)15-13-33)58-41(49-62-61-32(3)66(49)50)29-42(68)57-16-22-70-24-25-71-23-21-63(7)51-59-47-39(48(60-51)64-17-19-65(20-18-64)52(69)72-53(4,5)6)28-40(55)44(45(47)56)38-27-36(67)26-34-10-8-9-11-37(34)38/h8-15,26-28,41,67H,16-25,29H2,1-7H3,(H,57,68)/t41-/m0/s1. The second-order valence-electron chi connectivity index (χ2n) is 19.1. The second kappa shape index (κ2) is 21.6. The number of carbonyl (C=O) groups excluding carboxylic acids is 2. The number of aliphatic imine (C=N–C) groups is 1. The van der Waals surface area contributed by atoms with Crippen LogP contribution in [0.15, 0.2) is 71.7 Å². The molecule has 0 spiro atoms. The number of phenolic OH excluding ortho intramolecular Hbond substituents is 1. The SMILES string of the molecule is Cc1sc2c(c1C)C(c1ccc(Cl)cc1)=N[C@@H](CC(=O)NCCOCCOCCN(C)c1nc(N3CCN(C(=O)OC(C)(C)C)CC3)c3cc(Cl)c(-c4cc(O)cc5ccccc45)c(F)c3n1)c1nnc(C)n1-2. The van der Waals surface area contributed by atoms with Crippen LogP contribution in [-0.4, -0.2) is 131 Å². The number of benzene rings is 4. The summed E-state index contributed by atoms with van der Waals surface area (Å²) in [6.07, 6.45) is -0.344. The fourth-order valence-electron chi connectivity index (χ4n) is 9.02. The summed E-state index contributed by atoms with van der Waals surface area (Å²) in [6, 6.07) is 19.2. The van der Waals surface area contributed by atoms with Crippen LogP contribution in [0, 0.1) is 26.6 Å². The van der Waals surface area contributed by atoms with Crippen molar-refractivity contribution in [3.05, 3.63) is 116 Å². The summed E-state index contributed by atoms with van der Waals surface area (Å²) in [5.41, 5.74) is 3.73. The molecule has 1 fully saturated rings. The molecular formula is C53H57Cl2FN10O6S. The summed E-state index contributed by atoms with van der Waals surface area (Å²) >= 11 is 14.9. The Labute approximate surface area is 436 Å². The molecule has 16 nitrogen and oxygen atoms in total. The highest BCUT2D eigenvalue weighted by Crippen LogP contribution is 2.43. The Bertz CT molecular complexity index is 3240. The first kappa shape index (κ1) is 51.5. The number of phenols is 1. The number of likely N-dealkylation sites (N-methyl/N-ethyl adjacent to an activating group) is 1. The van der Waals surface area contributed by atoms with Crippen molar-refractivity contribution in [3.63, 3.8) is 0 Å². The van der Waals surface area contributed by atoms with E-state index < -0.39 is 23.6 Å². The first-order valence-corrected chi connectivity index (χ1v) is 25.7. The summed E-state index contributed by atoms with van der Waals surface area (Å²) in [5.74, 6) is 1.16. The van der Waals surface area contributed by atoms with E-state index in [2.05, 4.69) is 29.4 Å². The molecule has 0 aliphatic carbocycles. The minimum Gasteiger partial charge on any atom is -0.508 e. The van der Waals surface area contributed by atoms with Gasteiger partial charge in [-0.05, 0) is 93.8 Å². The smallest absolute Gasteiger partial charge is 0.410 e. The van der Waals surface area contributed by atoms with Gasteiger partial charge in [-0.2, -0.15) is 4.98 Å². The van der Waals surface area contributed by atoms with E-state index in [1.807, 2.05) is 85.7 Å². The Morgan fingerprint density at radius 3 is 2.37 bits per heavy atom. The molecule has 2 amide bonds. The maximum Gasteiger partial charge on any atom is 0.410 e. The van der Waals surface area contributed by atoms with Crippen LogP contribution < -0.4 is 15.1 Å². The molecule has 73 heavy (non-hydrogen) atoms. The third-order valence-electron chi connectivity index (χ3n) is 12.8. The number of halogens is 3. The van der Waals surface area contributed by atoms with E-state index in [1.54, 1.807) is 40.3 Å². The number of ether oxygens (including phenoxy) is 3. The van der Waals surface area contributed by atoms with Crippen LogP contribution in [0.2, 0.25) is 10.0 Å². The molecule has 20 heteroatoms. The molecule has 0 saturated carbocycles. The van der Waals surface area contributed by atoms with Gasteiger partial charge in [-0.25, -0.2) is 14.2 Å². The molecule has 0 bridgehead atoms. The lowest BCUT2D eigenvalue weighted by Gasteiger charge is -2.36. The van der Waals surface area contributed by atoms with Crippen molar-refractivity contribution in [1.82, 2.24) is 34.9 Å². The number of amides is 2. The molecule has 1 saturated heterocycles. The third kappa shape index (κ3) is 11.1. The molecular weight excluding hydrogens is 995 g/mol. The van der Waals surface area contributed by atoms with Gasteiger partial charge in [0.1, 0.15) is 39.6 Å². The van der Waals surface area contributed by atoms with Crippen LogP contribution in [0.25, 0.3) is 37.8 Å². The number of anilines is 2. The van der Waals surface area contributed by atoms with Gasteiger partial charge in [0.05, 0.1) is 43.6 Å². The van der Waals surface area contributed by atoms with Crippen molar-refractivity contribution in [2.45, 2.75) is 59.6 Å². The van der Waals surface area contributed by atoms with Gasteiger partial charge in [-0.1, -0.05) is 59.6 Å². The number of fused-ring (bicyclic) bond motifs is 5. The van der Waals surface area contributed by atoms with Gasteiger partial charge in [0.2, 0.25) is 11.9 Å². The zero-order valence-electron chi connectivity index (χ0n) is 41.8. The lowest BCUT2D eigenvalue weighted by Crippen LogP contribution is -2.50. The lowest BCUT2D eigenvalue weighted by molar-refractivity contribution is -0.121. The Kier molecular flexibility index (Phi) is 15.2. The van der Waals surface area contributed by atoms with Gasteiger partial charge in [0.25, 0.3) is 0 Å². The number of carbonyl (C=O) groups is 2. The molecule has 7 aromatic rings. The zero-order chi connectivity index (χ0) is 51.7. The normalized spacial score (nSPS) is 14.8. The van der Waals surface area contributed by atoms with Crippen molar-refractivity contribution < 1.29 is 33.3 Å². The third-order valence-corrected chi connectivity index (χ3v) is 14.5. The summed E-state index contributed by atoms with van der Waals surface area (Å²) in [4.78, 5) is 47.9. The van der Waals surface area contributed by atoms with E-state index in [1.165, 1.54) is 6.07 Å². The summed E-state index contributed by atoms with van der Waals surface area (Å²) in [5, 5.41) is 26.1. The lowest BCUT2D eigenvalue weighted by atomic mass is 9.96. The van der Waals surface area contributed by atoms with E-state index in [9.17, 15) is 14.7 Å². The Morgan fingerprint density at radius 1 is 0.904 bits per heavy atom. The highest BCUT2D eigenvalue weighted by molar-refractivity contribution is 7.15. The molecule has 4 aromatic carbocycles. The van der Waals surface area contributed by atoms with Gasteiger partial charge >= 0.3 is 6.09 Å². The van der Waals surface area contributed by atoms with Crippen molar-refractivity contribution in [2.75, 3.05) is 82.5 Å². The number of nitrogens with zero attached hydrogens (tertiary/aromatic N) is 9. The van der Waals surface area contributed by atoms with Crippen LogP contribution in [-0.2, 0) is 19.0 Å². The first-order valence-electron chi connectivity index (χ1n) is 24.1. The minimum atomic E-state index is -0.656. The Morgan fingerprint density at radius 2 is 1.63 bits per heavy atom. The van der Waals surface area contributed by atoms with Gasteiger partial charge in [0, 0.05) is 78.3 Å². The van der Waals surface area contributed by atoms with E-state index in [0.29, 0.717) is 71.5 Å². The number of thiophene rings is 1. The maximum atomic E-state index is 17.2. The van der Waals surface area contributed by atoms with Gasteiger partial charge in [-0.15, -0.1) is 21.5 Å². The van der Waals surface area contributed by atoms with Crippen LogP contribution in [0.4, 0.5) is 21.0 Å². The monoisotopic (exact) mass is 1050 g/mol. The summed E-state index contributed by atoms with van der Waals surface area (Å²) < 4.78 is 36.6. The minimum absolute atomic E-state index is 0.0279. The van der Waals surface area contributed by atoms with Crippen LogP contribution in [0.5, 0.6) is 5.75 Å². The van der Waals surface area contributed by atoms with Crippen LogP contribution in [0.1, 0.15) is 66.5 Å². The number of aryl methyl sites for hydroxylation is 2. The maximum absolute atomic E-state index is 17.2. The van der Waals surface area contributed by atoms with Crippen molar-refractivity contribution in [2.24, 2.45) is 4.99 Å². The van der Waals surface area contributed by atoms with E-state index >= 15 is 4.39 Å². The van der Waals surface area contributed by atoms with E-state index in [4.69, 9.17) is 52.4 Å². The number of hydrogen-bond donors (Lipinski definition) is 2. The molecule has 1 atom stereocenters. The van der Waals surface area contributed by atoms with Gasteiger partial charge in [0.15, 0.2) is 11.6 Å². The topological polar surface area (TPSA) is 173 Å². The molecule has 0 radical (unpaired) electrons. The molecule has 5 heterocycles. The van der Waals surface area contributed by atoms with E-state index in [0.717, 1.165) is 37.7 Å². The highest BCUT2D eigenvalue weighted by atomic mass is 35.5. The average molecular weight is 1050 g/mol. The van der Waals surface area contributed by atoms with Crippen molar-refractivity contribution in [1.29, 1.82) is 0 Å². The Hall–Kier alpha value is -6.44. The van der Waals surface area contributed by atoms with Crippen molar-refractivity contribution >= 4 is 85.7 Å². The first-order chi connectivity index (χ1) is 34.9. The summed E-state index contributed by atoms with van der Waals surface area (Å²) in [7, 11) is 1.80. The molecule has 2 aliphatic heterocycles. The molecule has 2 N–H and O–H groups in total. The van der Waals surface area contributed by atoms with Crippen LogP contribution in [0.3, 0.4) is 0 Å². The van der Waals surface area contributed by atoms with Gasteiger partial charge in [-0.3, -0.25) is 14.4 Å². The number of hydrogen-bond acceptors (Lipinski definition) is 14. The predicted octanol–water partition coefficient (Wildman–Crippen LogP) is 9.79. The van der Waals surface area contributed by atoms with Gasteiger partial charge < -0.3 is 39.3 Å². The number of piperazine rings is 1. The fourth-order valence-corrected chi connectivity index (χ4v) is 10.7. The number of aromatic nitrogens is 5. The summed E-state index contributed by atoms with van der Waals surface area (Å²) in [6.45, 7) is 14.8.